The average Bonchev–Trinajstić information content (AvgIpc) is 2.63. The smallest absolute Gasteiger partial charge is 0.184 e. The van der Waals surface area contributed by atoms with Gasteiger partial charge in [-0.2, -0.15) is 0 Å². The van der Waals surface area contributed by atoms with Gasteiger partial charge in [-0.3, -0.25) is 0 Å². The lowest BCUT2D eigenvalue weighted by Crippen LogP contribution is -2.11. The van der Waals surface area contributed by atoms with Crippen LogP contribution in [0.4, 0.5) is 0 Å². The van der Waals surface area contributed by atoms with Gasteiger partial charge in [0.15, 0.2) is 4.47 Å². The van der Waals surface area contributed by atoms with Crippen LogP contribution in [0.5, 0.6) is 0 Å². The molecule has 17 heavy (non-hydrogen) atoms. The highest BCUT2D eigenvalue weighted by Crippen LogP contribution is 2.30. The van der Waals surface area contributed by atoms with Crippen LogP contribution < -0.4 is 0 Å². The van der Waals surface area contributed by atoms with Gasteiger partial charge in [-0.15, -0.1) is 11.3 Å². The number of hydrogen-bond donors (Lipinski definition) is 0. The first-order chi connectivity index (χ1) is 7.88. The van der Waals surface area contributed by atoms with E-state index in [9.17, 15) is 0 Å². The molecule has 0 atom stereocenters. The summed E-state index contributed by atoms with van der Waals surface area (Å²) in [6, 6.07) is 6.56. The van der Waals surface area contributed by atoms with Crippen LogP contribution in [0.3, 0.4) is 0 Å². The van der Waals surface area contributed by atoms with Gasteiger partial charge in [0.2, 0.25) is 0 Å². The van der Waals surface area contributed by atoms with E-state index in [0.29, 0.717) is 4.47 Å². The van der Waals surface area contributed by atoms with Gasteiger partial charge in [-0.05, 0) is 23.5 Å². The summed E-state index contributed by atoms with van der Waals surface area (Å²) in [5.41, 5.74) is 4.92. The standard InChI is InChI=1S/C14H16ClNS/c1-9-7-10(14(2,3)4)5-6-11(9)12-8-17-13(15)16-12/h5-8H,1-4H3. The maximum atomic E-state index is 5.87. The number of thiazole rings is 1. The van der Waals surface area contributed by atoms with E-state index in [-0.39, 0.29) is 5.41 Å². The van der Waals surface area contributed by atoms with Crippen LogP contribution in [-0.4, -0.2) is 4.98 Å². The van der Waals surface area contributed by atoms with Crippen LogP contribution in [0.25, 0.3) is 11.3 Å². The Hall–Kier alpha value is -0.860. The molecule has 0 unspecified atom stereocenters. The van der Waals surface area contributed by atoms with Gasteiger partial charge in [0.25, 0.3) is 0 Å². The second-order valence-corrected chi connectivity index (χ2v) is 6.71. The molecule has 1 aromatic heterocycles. The van der Waals surface area contributed by atoms with Gasteiger partial charge in [0.05, 0.1) is 5.69 Å². The van der Waals surface area contributed by atoms with Crippen molar-refractivity contribution in [1.29, 1.82) is 0 Å². The van der Waals surface area contributed by atoms with E-state index in [0.717, 1.165) is 5.69 Å². The fourth-order valence-corrected chi connectivity index (χ4v) is 2.56. The van der Waals surface area contributed by atoms with Crippen LogP contribution in [0, 0.1) is 6.92 Å². The molecule has 0 radical (unpaired) electrons. The predicted octanol–water partition coefficient (Wildman–Crippen LogP) is 5.07. The summed E-state index contributed by atoms with van der Waals surface area (Å²) in [7, 11) is 0. The van der Waals surface area contributed by atoms with Crippen LogP contribution in [0.15, 0.2) is 23.6 Å². The third-order valence-corrected chi connectivity index (χ3v) is 3.82. The second kappa shape index (κ2) is 4.43. The van der Waals surface area contributed by atoms with Gasteiger partial charge in [0, 0.05) is 10.9 Å². The first-order valence-corrected chi connectivity index (χ1v) is 6.86. The number of benzene rings is 1. The molecule has 0 aliphatic carbocycles. The maximum absolute atomic E-state index is 5.87. The topological polar surface area (TPSA) is 12.9 Å². The van der Waals surface area contributed by atoms with Gasteiger partial charge in [-0.1, -0.05) is 50.6 Å². The summed E-state index contributed by atoms with van der Waals surface area (Å²) in [4.78, 5) is 4.32. The molecule has 0 amide bonds. The lowest BCUT2D eigenvalue weighted by atomic mass is 9.85. The average molecular weight is 266 g/mol. The van der Waals surface area contributed by atoms with E-state index in [4.69, 9.17) is 11.6 Å². The molecule has 0 bridgehead atoms. The Labute approximate surface area is 111 Å². The van der Waals surface area contributed by atoms with Gasteiger partial charge < -0.3 is 0 Å². The van der Waals surface area contributed by atoms with Gasteiger partial charge >= 0.3 is 0 Å². The first kappa shape index (κ1) is 12.6. The number of rotatable bonds is 1. The van der Waals surface area contributed by atoms with Crippen molar-refractivity contribution in [2.45, 2.75) is 33.1 Å². The molecule has 0 N–H and O–H groups in total. The minimum atomic E-state index is 0.184. The summed E-state index contributed by atoms with van der Waals surface area (Å²) in [6.07, 6.45) is 0. The van der Waals surface area contributed by atoms with E-state index in [1.807, 2.05) is 5.38 Å². The Bertz CT molecular complexity index is 537. The SMILES string of the molecule is Cc1cc(C(C)(C)C)ccc1-c1csc(Cl)n1. The summed E-state index contributed by atoms with van der Waals surface area (Å²) in [5.74, 6) is 0. The predicted molar refractivity (Wildman–Crippen MR) is 76.0 cm³/mol. The quantitative estimate of drug-likeness (QED) is 0.702. The molecule has 2 aromatic rings. The Morgan fingerprint density at radius 2 is 1.94 bits per heavy atom. The number of halogens is 1. The highest BCUT2D eigenvalue weighted by atomic mass is 35.5. The zero-order chi connectivity index (χ0) is 12.6. The molecule has 0 aliphatic rings. The molecule has 0 fully saturated rings. The van der Waals surface area contributed by atoms with Crippen molar-refractivity contribution in [3.8, 4) is 11.3 Å². The number of aromatic nitrogens is 1. The number of aryl methyl sites for hydroxylation is 1. The zero-order valence-electron chi connectivity index (χ0n) is 10.5. The minimum Gasteiger partial charge on any atom is -0.225 e. The fourth-order valence-electron chi connectivity index (χ4n) is 1.79. The lowest BCUT2D eigenvalue weighted by molar-refractivity contribution is 0.590. The van der Waals surface area contributed by atoms with E-state index in [1.165, 1.54) is 28.0 Å². The summed E-state index contributed by atoms with van der Waals surface area (Å²) in [5, 5.41) is 2.00. The molecule has 3 heteroatoms. The lowest BCUT2D eigenvalue weighted by Gasteiger charge is -2.20. The summed E-state index contributed by atoms with van der Waals surface area (Å²) >= 11 is 7.35. The zero-order valence-corrected chi connectivity index (χ0v) is 12.1. The van der Waals surface area contributed by atoms with Crippen molar-refractivity contribution in [3.05, 3.63) is 39.2 Å². The van der Waals surface area contributed by atoms with Crippen LogP contribution in [0.2, 0.25) is 4.47 Å². The van der Waals surface area contributed by atoms with E-state index < -0.39 is 0 Å². The number of nitrogens with zero attached hydrogens (tertiary/aromatic N) is 1. The van der Waals surface area contributed by atoms with Crippen molar-refractivity contribution in [2.24, 2.45) is 0 Å². The van der Waals surface area contributed by atoms with Gasteiger partial charge in [0.1, 0.15) is 0 Å². The molecule has 1 heterocycles. The summed E-state index contributed by atoms with van der Waals surface area (Å²) in [6.45, 7) is 8.79. The van der Waals surface area contributed by atoms with Crippen LogP contribution in [0.1, 0.15) is 31.9 Å². The molecule has 0 saturated carbocycles. The molecule has 0 spiro atoms. The summed E-state index contributed by atoms with van der Waals surface area (Å²) < 4.78 is 0.597. The first-order valence-electron chi connectivity index (χ1n) is 5.60. The molecular formula is C14H16ClNS. The van der Waals surface area contributed by atoms with E-state index in [2.05, 4.69) is 50.9 Å². The minimum absolute atomic E-state index is 0.184. The Morgan fingerprint density at radius 1 is 1.24 bits per heavy atom. The maximum Gasteiger partial charge on any atom is 0.184 e. The van der Waals surface area contributed by atoms with E-state index >= 15 is 0 Å². The van der Waals surface area contributed by atoms with Crippen molar-refractivity contribution in [3.63, 3.8) is 0 Å². The molecule has 0 saturated heterocycles. The fraction of sp³-hybridized carbons (Fsp3) is 0.357. The normalized spacial score (nSPS) is 11.8. The molecule has 1 aromatic carbocycles. The Morgan fingerprint density at radius 3 is 2.41 bits per heavy atom. The van der Waals surface area contributed by atoms with Gasteiger partial charge in [-0.25, -0.2) is 4.98 Å². The molecule has 90 valence electrons. The van der Waals surface area contributed by atoms with Crippen molar-refractivity contribution in [1.82, 2.24) is 4.98 Å². The van der Waals surface area contributed by atoms with Crippen molar-refractivity contribution in [2.75, 3.05) is 0 Å². The monoisotopic (exact) mass is 265 g/mol. The Balaban J connectivity index is 2.45. The second-order valence-electron chi connectivity index (χ2n) is 5.27. The number of hydrogen-bond acceptors (Lipinski definition) is 2. The van der Waals surface area contributed by atoms with Crippen LogP contribution in [-0.2, 0) is 5.41 Å². The Kier molecular flexibility index (Phi) is 3.28. The van der Waals surface area contributed by atoms with Crippen molar-refractivity contribution < 1.29 is 0 Å². The molecule has 2 rings (SSSR count). The molecular weight excluding hydrogens is 250 g/mol. The third-order valence-electron chi connectivity index (χ3n) is 2.84. The van der Waals surface area contributed by atoms with Crippen LogP contribution >= 0.6 is 22.9 Å². The molecule has 1 nitrogen and oxygen atoms in total. The third kappa shape index (κ3) is 2.70. The van der Waals surface area contributed by atoms with E-state index in [1.54, 1.807) is 0 Å². The molecule has 0 aliphatic heterocycles. The largest absolute Gasteiger partial charge is 0.225 e. The highest BCUT2D eigenvalue weighted by molar-refractivity contribution is 7.14. The highest BCUT2D eigenvalue weighted by Gasteiger charge is 2.15. The van der Waals surface area contributed by atoms with Crippen molar-refractivity contribution >= 4 is 22.9 Å².